The zero-order valence-corrected chi connectivity index (χ0v) is 11.0. The van der Waals surface area contributed by atoms with Crippen molar-refractivity contribution in [2.45, 2.75) is 26.3 Å². The van der Waals surface area contributed by atoms with Crippen LogP contribution in [0.15, 0.2) is 23.5 Å². The van der Waals surface area contributed by atoms with Crippen molar-refractivity contribution in [3.8, 4) is 0 Å². The Bertz CT molecular complexity index is 370. The summed E-state index contributed by atoms with van der Waals surface area (Å²) in [4.78, 5) is 13.8. The summed E-state index contributed by atoms with van der Waals surface area (Å²) < 4.78 is 5.23. The maximum absolute atomic E-state index is 12.0. The van der Waals surface area contributed by atoms with Crippen LogP contribution in [-0.4, -0.2) is 43.3 Å². The Kier molecular flexibility index (Phi) is 4.25. The molecular formula is C13H21N3O2. The fourth-order valence-corrected chi connectivity index (χ4v) is 2.13. The number of morpholine rings is 1. The van der Waals surface area contributed by atoms with Crippen LogP contribution in [0.5, 0.6) is 0 Å². The fraction of sp³-hybridized carbons (Fsp3) is 0.615. The maximum atomic E-state index is 12.0. The lowest BCUT2D eigenvalue weighted by atomic mass is 10.1. The number of nitrogens with zero attached hydrogens (tertiary/aromatic N) is 1. The number of amides is 2. The first-order chi connectivity index (χ1) is 8.69. The maximum Gasteiger partial charge on any atom is 0.323 e. The second kappa shape index (κ2) is 5.91. The highest BCUT2D eigenvalue weighted by molar-refractivity contribution is 5.76. The van der Waals surface area contributed by atoms with Gasteiger partial charge in [-0.15, -0.1) is 0 Å². The van der Waals surface area contributed by atoms with Gasteiger partial charge < -0.3 is 15.0 Å². The van der Waals surface area contributed by atoms with Gasteiger partial charge in [0, 0.05) is 19.1 Å². The van der Waals surface area contributed by atoms with Crippen LogP contribution in [0, 0.1) is 0 Å². The third-order valence-electron chi connectivity index (χ3n) is 3.16. The van der Waals surface area contributed by atoms with E-state index in [1.807, 2.05) is 13.0 Å². The summed E-state index contributed by atoms with van der Waals surface area (Å²) in [5, 5.41) is 6.22. The van der Waals surface area contributed by atoms with Crippen molar-refractivity contribution in [3.05, 3.63) is 23.5 Å². The summed E-state index contributed by atoms with van der Waals surface area (Å²) in [6, 6.07) is 0.247. The molecule has 0 aliphatic carbocycles. The predicted molar refractivity (Wildman–Crippen MR) is 70.0 cm³/mol. The Hall–Kier alpha value is -1.49. The molecule has 0 bridgehead atoms. The number of hydrogen-bond acceptors (Lipinski definition) is 3. The Morgan fingerprint density at radius 3 is 2.94 bits per heavy atom. The van der Waals surface area contributed by atoms with Crippen LogP contribution in [0.25, 0.3) is 0 Å². The van der Waals surface area contributed by atoms with Crippen LogP contribution in [-0.2, 0) is 4.74 Å². The normalized spacial score (nSPS) is 23.9. The van der Waals surface area contributed by atoms with E-state index in [0.717, 1.165) is 12.2 Å². The first kappa shape index (κ1) is 13.0. The van der Waals surface area contributed by atoms with Gasteiger partial charge in [-0.05, 0) is 25.0 Å². The zero-order valence-electron chi connectivity index (χ0n) is 11.0. The molecule has 0 aromatic heterocycles. The molecule has 0 aromatic rings. The second-order valence-electron chi connectivity index (χ2n) is 4.66. The molecule has 100 valence electrons. The molecule has 1 saturated heterocycles. The van der Waals surface area contributed by atoms with Crippen molar-refractivity contribution >= 4 is 6.03 Å². The van der Waals surface area contributed by atoms with E-state index in [2.05, 4.69) is 23.6 Å². The molecular weight excluding hydrogens is 230 g/mol. The third-order valence-corrected chi connectivity index (χ3v) is 3.16. The Morgan fingerprint density at radius 1 is 1.56 bits per heavy atom. The summed E-state index contributed by atoms with van der Waals surface area (Å²) >= 11 is 0. The third kappa shape index (κ3) is 3.26. The van der Waals surface area contributed by atoms with Crippen molar-refractivity contribution in [2.24, 2.45) is 0 Å². The van der Waals surface area contributed by atoms with Crippen molar-refractivity contribution in [2.75, 3.05) is 26.3 Å². The van der Waals surface area contributed by atoms with Crippen LogP contribution in [0.1, 0.15) is 20.3 Å². The van der Waals surface area contributed by atoms with Crippen LogP contribution in [0.2, 0.25) is 0 Å². The van der Waals surface area contributed by atoms with E-state index < -0.39 is 0 Å². The van der Waals surface area contributed by atoms with Gasteiger partial charge in [0.15, 0.2) is 0 Å². The van der Waals surface area contributed by atoms with Crippen LogP contribution in [0.3, 0.4) is 0 Å². The molecule has 1 fully saturated rings. The number of hydrogen-bond donors (Lipinski definition) is 2. The molecule has 5 heteroatoms. The zero-order chi connectivity index (χ0) is 13.0. The predicted octanol–water partition coefficient (Wildman–Crippen LogP) is 1.20. The van der Waals surface area contributed by atoms with Crippen LogP contribution >= 0.6 is 0 Å². The number of carbonyl (C=O) groups excluding carboxylic acids is 1. The van der Waals surface area contributed by atoms with Crippen molar-refractivity contribution in [1.29, 1.82) is 0 Å². The summed E-state index contributed by atoms with van der Waals surface area (Å²) in [6.45, 7) is 6.72. The second-order valence-corrected chi connectivity index (χ2v) is 4.66. The van der Waals surface area contributed by atoms with E-state index >= 15 is 0 Å². The molecule has 2 rings (SSSR count). The smallest absolute Gasteiger partial charge is 0.323 e. The van der Waals surface area contributed by atoms with E-state index in [-0.39, 0.29) is 6.03 Å². The first-order valence-electron chi connectivity index (χ1n) is 6.49. The average molecular weight is 251 g/mol. The van der Waals surface area contributed by atoms with E-state index in [9.17, 15) is 4.79 Å². The van der Waals surface area contributed by atoms with E-state index in [1.165, 1.54) is 5.57 Å². The molecule has 1 unspecified atom stereocenters. The van der Waals surface area contributed by atoms with Crippen molar-refractivity contribution in [3.63, 3.8) is 0 Å². The van der Waals surface area contributed by atoms with Crippen LogP contribution < -0.4 is 10.6 Å². The number of nitrogens with one attached hydrogen (secondary N) is 2. The quantitative estimate of drug-likeness (QED) is 0.775. The number of ether oxygens (including phenoxy) is 1. The van der Waals surface area contributed by atoms with Gasteiger partial charge in [-0.3, -0.25) is 5.32 Å². The lowest BCUT2D eigenvalue weighted by Crippen LogP contribution is -2.48. The summed E-state index contributed by atoms with van der Waals surface area (Å²) in [5.74, 6) is 0.790. The largest absolute Gasteiger partial charge is 0.378 e. The Balaban J connectivity index is 1.92. The van der Waals surface area contributed by atoms with Gasteiger partial charge in [-0.25, -0.2) is 4.79 Å². The standard InChI is InChI=1S/C13H21N3O2/c1-3-11-8-10(2)9-12(14-11)15-13(17)16-4-6-18-7-5-16/h8-9,11,14H,3-7H2,1-2H3,(H,15,17). The molecule has 1 atom stereocenters. The number of rotatable bonds is 2. The van der Waals surface area contributed by atoms with Gasteiger partial charge in [-0.2, -0.15) is 0 Å². The summed E-state index contributed by atoms with van der Waals surface area (Å²) in [5.41, 5.74) is 1.18. The molecule has 2 aliphatic rings. The minimum Gasteiger partial charge on any atom is -0.378 e. The fourth-order valence-electron chi connectivity index (χ4n) is 2.13. The summed E-state index contributed by atoms with van der Waals surface area (Å²) in [6.07, 6.45) is 5.14. The number of carbonyl (C=O) groups is 1. The van der Waals surface area contributed by atoms with E-state index in [1.54, 1.807) is 4.90 Å². The van der Waals surface area contributed by atoms with E-state index in [4.69, 9.17) is 4.74 Å². The number of allylic oxidation sites excluding steroid dienone is 2. The molecule has 0 spiro atoms. The van der Waals surface area contributed by atoms with Gasteiger partial charge >= 0.3 is 6.03 Å². The number of urea groups is 1. The number of dihydropyridines is 1. The minimum atomic E-state index is -0.0541. The average Bonchev–Trinajstić information content (AvgIpc) is 2.39. The van der Waals surface area contributed by atoms with Gasteiger partial charge in [0.2, 0.25) is 0 Å². The molecule has 0 aromatic carbocycles. The highest BCUT2D eigenvalue weighted by Gasteiger charge is 2.19. The molecule has 0 saturated carbocycles. The van der Waals surface area contributed by atoms with Crippen molar-refractivity contribution < 1.29 is 9.53 Å². The highest BCUT2D eigenvalue weighted by Crippen LogP contribution is 2.10. The monoisotopic (exact) mass is 251 g/mol. The SMILES string of the molecule is CCC1C=C(C)C=C(NC(=O)N2CCOCC2)N1. The molecule has 2 N–H and O–H groups in total. The van der Waals surface area contributed by atoms with Gasteiger partial charge in [-0.1, -0.05) is 13.0 Å². The van der Waals surface area contributed by atoms with Gasteiger partial charge in [0.25, 0.3) is 0 Å². The molecule has 2 heterocycles. The first-order valence-corrected chi connectivity index (χ1v) is 6.49. The topological polar surface area (TPSA) is 53.6 Å². The van der Waals surface area contributed by atoms with Crippen LogP contribution in [0.4, 0.5) is 4.79 Å². The molecule has 18 heavy (non-hydrogen) atoms. The Labute approximate surface area is 108 Å². The molecule has 2 amide bonds. The van der Waals surface area contributed by atoms with Crippen molar-refractivity contribution in [1.82, 2.24) is 15.5 Å². The molecule has 5 nitrogen and oxygen atoms in total. The van der Waals surface area contributed by atoms with E-state index in [0.29, 0.717) is 32.3 Å². The van der Waals surface area contributed by atoms with Gasteiger partial charge in [0.1, 0.15) is 5.82 Å². The minimum absolute atomic E-state index is 0.0541. The lowest BCUT2D eigenvalue weighted by molar-refractivity contribution is 0.0536. The highest BCUT2D eigenvalue weighted by atomic mass is 16.5. The molecule has 2 aliphatic heterocycles. The lowest BCUT2D eigenvalue weighted by Gasteiger charge is -2.29. The van der Waals surface area contributed by atoms with Gasteiger partial charge in [0.05, 0.1) is 13.2 Å². The molecule has 0 radical (unpaired) electrons. The summed E-state index contributed by atoms with van der Waals surface area (Å²) in [7, 11) is 0. The Morgan fingerprint density at radius 2 is 2.28 bits per heavy atom.